The van der Waals surface area contributed by atoms with Gasteiger partial charge in [-0.3, -0.25) is 5.10 Å². The summed E-state index contributed by atoms with van der Waals surface area (Å²) in [5, 5.41) is 8.69. The van der Waals surface area contributed by atoms with Gasteiger partial charge in [-0.2, -0.15) is 5.10 Å². The topological polar surface area (TPSA) is 93.9 Å². The maximum Gasteiger partial charge on any atom is 0.375 e. The number of fused-ring (bicyclic) bond motifs is 1. The molecule has 0 aliphatic heterocycles. The van der Waals surface area contributed by atoms with Gasteiger partial charge in [0.05, 0.1) is 6.61 Å². The predicted octanol–water partition coefficient (Wildman–Crippen LogP) is 2.38. The summed E-state index contributed by atoms with van der Waals surface area (Å²) >= 11 is 0. The first-order valence-corrected chi connectivity index (χ1v) is 6.57. The standard InChI is InChI=1S/C15H14N4O2/c1-2-21-15(20)14-17-13(18-19-14)11-7-9-5-3-4-6-10(9)8-12(11)16/h3-8H,2,16H2,1H3,(H,17,18,19). The van der Waals surface area contributed by atoms with E-state index in [2.05, 4.69) is 15.2 Å². The highest BCUT2D eigenvalue weighted by Crippen LogP contribution is 2.28. The number of nitrogens with two attached hydrogens (primary N) is 1. The van der Waals surface area contributed by atoms with Crippen LogP contribution < -0.4 is 5.73 Å². The van der Waals surface area contributed by atoms with Gasteiger partial charge in [0.15, 0.2) is 5.82 Å². The van der Waals surface area contributed by atoms with Crippen LogP contribution >= 0.6 is 0 Å². The van der Waals surface area contributed by atoms with E-state index in [0.29, 0.717) is 17.1 Å². The SMILES string of the molecule is CCOC(=O)c1nc(-c2cc3ccccc3cc2N)n[nH]1. The average molecular weight is 282 g/mol. The second-order valence-corrected chi connectivity index (χ2v) is 4.51. The zero-order valence-electron chi connectivity index (χ0n) is 11.5. The first-order valence-electron chi connectivity index (χ1n) is 6.57. The molecule has 2 aromatic carbocycles. The van der Waals surface area contributed by atoms with Crippen LogP contribution in [0.5, 0.6) is 0 Å². The molecule has 3 rings (SSSR count). The molecule has 106 valence electrons. The van der Waals surface area contributed by atoms with Gasteiger partial charge in [0.1, 0.15) is 0 Å². The van der Waals surface area contributed by atoms with E-state index < -0.39 is 5.97 Å². The van der Waals surface area contributed by atoms with Crippen molar-refractivity contribution in [3.8, 4) is 11.4 Å². The largest absolute Gasteiger partial charge is 0.460 e. The van der Waals surface area contributed by atoms with Gasteiger partial charge in [-0.05, 0) is 29.8 Å². The number of aromatic nitrogens is 3. The number of hydrogen-bond acceptors (Lipinski definition) is 5. The highest BCUT2D eigenvalue weighted by Gasteiger charge is 2.15. The van der Waals surface area contributed by atoms with Crippen LogP contribution in [0.1, 0.15) is 17.5 Å². The molecule has 0 unspecified atom stereocenters. The van der Waals surface area contributed by atoms with Gasteiger partial charge < -0.3 is 10.5 Å². The molecule has 1 heterocycles. The second-order valence-electron chi connectivity index (χ2n) is 4.51. The van der Waals surface area contributed by atoms with Gasteiger partial charge in [0.25, 0.3) is 0 Å². The highest BCUT2D eigenvalue weighted by atomic mass is 16.5. The molecule has 0 aliphatic carbocycles. The predicted molar refractivity (Wildman–Crippen MR) is 79.7 cm³/mol. The second kappa shape index (κ2) is 5.24. The summed E-state index contributed by atoms with van der Waals surface area (Å²) in [7, 11) is 0. The fourth-order valence-corrected chi connectivity index (χ4v) is 2.12. The molecule has 0 aliphatic rings. The Balaban J connectivity index is 2.04. The van der Waals surface area contributed by atoms with Crippen molar-refractivity contribution in [1.82, 2.24) is 15.2 Å². The van der Waals surface area contributed by atoms with E-state index >= 15 is 0 Å². The Hall–Kier alpha value is -2.89. The molecule has 3 N–H and O–H groups in total. The Morgan fingerprint density at radius 1 is 1.29 bits per heavy atom. The number of nitrogen functional groups attached to an aromatic ring is 1. The highest BCUT2D eigenvalue weighted by molar-refractivity contribution is 5.93. The maximum atomic E-state index is 11.6. The van der Waals surface area contributed by atoms with E-state index in [1.165, 1.54) is 0 Å². The lowest BCUT2D eigenvalue weighted by Crippen LogP contribution is -2.06. The molecule has 0 spiro atoms. The lowest BCUT2D eigenvalue weighted by molar-refractivity contribution is 0.0512. The van der Waals surface area contributed by atoms with Crippen LogP contribution in [-0.4, -0.2) is 27.8 Å². The third-order valence-electron chi connectivity index (χ3n) is 3.11. The molecule has 6 nitrogen and oxygen atoms in total. The molecule has 0 bridgehead atoms. The van der Waals surface area contributed by atoms with Gasteiger partial charge in [0.2, 0.25) is 5.82 Å². The van der Waals surface area contributed by atoms with E-state index in [1.54, 1.807) is 6.92 Å². The molecule has 0 saturated heterocycles. The van der Waals surface area contributed by atoms with Crippen molar-refractivity contribution in [2.75, 3.05) is 12.3 Å². The monoisotopic (exact) mass is 282 g/mol. The van der Waals surface area contributed by atoms with Crippen LogP contribution in [0, 0.1) is 0 Å². The minimum atomic E-state index is -0.532. The van der Waals surface area contributed by atoms with Crippen molar-refractivity contribution in [3.63, 3.8) is 0 Å². The lowest BCUT2D eigenvalue weighted by Gasteiger charge is -2.04. The fraction of sp³-hybridized carbons (Fsp3) is 0.133. The quantitative estimate of drug-likeness (QED) is 0.568. The molecule has 0 fully saturated rings. The number of aromatic amines is 1. The number of hydrogen-bond donors (Lipinski definition) is 2. The summed E-state index contributed by atoms with van der Waals surface area (Å²) in [6.45, 7) is 2.02. The minimum Gasteiger partial charge on any atom is -0.460 e. The van der Waals surface area contributed by atoms with Crippen LogP contribution in [0.4, 0.5) is 5.69 Å². The third kappa shape index (κ3) is 2.43. The normalized spacial score (nSPS) is 10.7. The number of carbonyl (C=O) groups excluding carboxylic acids is 1. The number of nitrogens with zero attached hydrogens (tertiary/aromatic N) is 2. The van der Waals surface area contributed by atoms with Crippen LogP contribution in [0.25, 0.3) is 22.2 Å². The molecule has 3 aromatic rings. The third-order valence-corrected chi connectivity index (χ3v) is 3.11. The van der Waals surface area contributed by atoms with E-state index in [4.69, 9.17) is 10.5 Å². The van der Waals surface area contributed by atoms with E-state index in [-0.39, 0.29) is 12.4 Å². The van der Waals surface area contributed by atoms with Gasteiger partial charge >= 0.3 is 5.97 Å². The molecule has 6 heteroatoms. The number of benzene rings is 2. The summed E-state index contributed by atoms with van der Waals surface area (Å²) in [6.07, 6.45) is 0. The minimum absolute atomic E-state index is 0.0689. The molecular weight excluding hydrogens is 268 g/mol. The van der Waals surface area contributed by atoms with Crippen molar-refractivity contribution in [3.05, 3.63) is 42.2 Å². The number of ether oxygens (including phenoxy) is 1. The fourth-order valence-electron chi connectivity index (χ4n) is 2.12. The maximum absolute atomic E-state index is 11.6. The van der Waals surface area contributed by atoms with Crippen molar-refractivity contribution >= 4 is 22.4 Å². The molecule has 1 aromatic heterocycles. The molecule has 21 heavy (non-hydrogen) atoms. The average Bonchev–Trinajstić information content (AvgIpc) is 2.96. The van der Waals surface area contributed by atoms with Crippen LogP contribution in [0.3, 0.4) is 0 Å². The van der Waals surface area contributed by atoms with Gasteiger partial charge in [-0.15, -0.1) is 0 Å². The van der Waals surface area contributed by atoms with Crippen LogP contribution in [0.15, 0.2) is 36.4 Å². The Morgan fingerprint density at radius 2 is 2.00 bits per heavy atom. The Kier molecular flexibility index (Phi) is 3.27. The van der Waals surface area contributed by atoms with Crippen LogP contribution in [0.2, 0.25) is 0 Å². The van der Waals surface area contributed by atoms with Crippen molar-refractivity contribution in [2.45, 2.75) is 6.92 Å². The van der Waals surface area contributed by atoms with Gasteiger partial charge in [-0.25, -0.2) is 9.78 Å². The number of nitrogens with one attached hydrogen (secondary N) is 1. The lowest BCUT2D eigenvalue weighted by atomic mass is 10.0. The zero-order valence-corrected chi connectivity index (χ0v) is 11.5. The Bertz CT molecular complexity index is 810. The number of rotatable bonds is 3. The summed E-state index contributed by atoms with van der Waals surface area (Å²) in [5.41, 5.74) is 7.29. The number of esters is 1. The molecule has 0 amide bonds. The smallest absolute Gasteiger partial charge is 0.375 e. The number of H-pyrrole nitrogens is 1. The summed E-state index contributed by atoms with van der Waals surface area (Å²) in [5.74, 6) is -0.0867. The van der Waals surface area contributed by atoms with Crippen molar-refractivity contribution in [2.24, 2.45) is 0 Å². The summed E-state index contributed by atoms with van der Waals surface area (Å²) < 4.78 is 4.87. The van der Waals surface area contributed by atoms with Crippen LogP contribution in [-0.2, 0) is 4.74 Å². The molecule has 0 atom stereocenters. The summed E-state index contributed by atoms with van der Waals surface area (Å²) in [4.78, 5) is 15.7. The summed E-state index contributed by atoms with van der Waals surface area (Å²) in [6, 6.07) is 11.6. The molecule has 0 radical (unpaired) electrons. The van der Waals surface area contributed by atoms with E-state index in [0.717, 1.165) is 10.8 Å². The van der Waals surface area contributed by atoms with E-state index in [1.807, 2.05) is 36.4 Å². The Morgan fingerprint density at radius 3 is 2.71 bits per heavy atom. The van der Waals surface area contributed by atoms with Crippen molar-refractivity contribution in [1.29, 1.82) is 0 Å². The first-order chi connectivity index (χ1) is 10.2. The van der Waals surface area contributed by atoms with E-state index in [9.17, 15) is 4.79 Å². The molecular formula is C15H14N4O2. The van der Waals surface area contributed by atoms with Gasteiger partial charge in [0, 0.05) is 11.3 Å². The zero-order chi connectivity index (χ0) is 14.8. The van der Waals surface area contributed by atoms with Crippen molar-refractivity contribution < 1.29 is 9.53 Å². The number of anilines is 1. The Labute approximate surface area is 120 Å². The number of carbonyl (C=O) groups is 1. The van der Waals surface area contributed by atoms with Gasteiger partial charge in [-0.1, -0.05) is 24.3 Å². The first kappa shape index (κ1) is 13.1. The molecule has 0 saturated carbocycles.